The van der Waals surface area contributed by atoms with E-state index in [0.717, 1.165) is 24.3 Å². The second-order valence-corrected chi connectivity index (χ2v) is 11.8. The van der Waals surface area contributed by atoms with E-state index in [-0.39, 0.29) is 12.5 Å². The van der Waals surface area contributed by atoms with Crippen molar-refractivity contribution in [2.24, 2.45) is 0 Å². The number of aryl methyl sites for hydroxylation is 1. The maximum Gasteiger partial charge on any atom is 0.251 e. The summed E-state index contributed by atoms with van der Waals surface area (Å²) in [4.78, 5) is 38.3. The maximum absolute atomic E-state index is 15.6. The zero-order valence-corrected chi connectivity index (χ0v) is 25.6. The summed E-state index contributed by atoms with van der Waals surface area (Å²) in [6.07, 6.45) is 1.71. The summed E-state index contributed by atoms with van der Waals surface area (Å²) in [5.74, 6) is -1.04. The van der Waals surface area contributed by atoms with E-state index in [1.54, 1.807) is 48.4 Å². The second kappa shape index (κ2) is 11.9. The summed E-state index contributed by atoms with van der Waals surface area (Å²) < 4.78 is 20.9. The number of nitrogens with one attached hydrogen (secondary N) is 1. The standard InChI is InChI=1S/C32H37ClFN5O3/c1-18-13-24(42-6)14-26(34)28(18)25-17-39(32(41)29(25)36-31(40)22-7-9-23(33)10-8-22)30-21(4)27(11-12-35-30)38-15-19(2)37(5)20(3)16-38/h7-14,19-20,25,29H,15-17H2,1-6H3,(H,36,40)/t19-,20+,25-,29-/m0/s1. The Morgan fingerprint density at radius 3 is 2.36 bits per heavy atom. The van der Waals surface area contributed by atoms with Crippen LogP contribution in [0.25, 0.3) is 0 Å². The van der Waals surface area contributed by atoms with Crippen LogP contribution in [-0.2, 0) is 4.79 Å². The Morgan fingerprint density at radius 2 is 1.74 bits per heavy atom. The van der Waals surface area contributed by atoms with Crippen molar-refractivity contribution in [1.29, 1.82) is 0 Å². The van der Waals surface area contributed by atoms with Crippen LogP contribution in [0.1, 0.15) is 46.8 Å². The van der Waals surface area contributed by atoms with E-state index in [9.17, 15) is 9.59 Å². The first-order valence-corrected chi connectivity index (χ1v) is 14.5. The number of halogens is 2. The molecule has 222 valence electrons. The van der Waals surface area contributed by atoms with Crippen molar-refractivity contribution in [1.82, 2.24) is 15.2 Å². The number of pyridine rings is 1. The summed E-state index contributed by atoms with van der Waals surface area (Å²) in [5.41, 5.74) is 3.23. The van der Waals surface area contributed by atoms with Gasteiger partial charge in [-0.25, -0.2) is 9.37 Å². The molecule has 0 aliphatic carbocycles. The van der Waals surface area contributed by atoms with Gasteiger partial charge >= 0.3 is 0 Å². The summed E-state index contributed by atoms with van der Waals surface area (Å²) in [6, 6.07) is 11.2. The number of amides is 2. The molecule has 0 radical (unpaired) electrons. The minimum atomic E-state index is -1.01. The van der Waals surface area contributed by atoms with Crippen LogP contribution in [0.15, 0.2) is 48.7 Å². The molecule has 5 rings (SSSR count). The molecule has 2 aliphatic rings. The number of rotatable bonds is 6. The summed E-state index contributed by atoms with van der Waals surface area (Å²) in [5, 5.41) is 3.39. The van der Waals surface area contributed by atoms with Crippen LogP contribution in [0, 0.1) is 19.7 Å². The molecule has 0 bridgehead atoms. The number of benzene rings is 2. The Kier molecular flexibility index (Phi) is 8.44. The number of hydrogen-bond donors (Lipinski definition) is 1. The molecule has 0 saturated carbocycles. The van der Waals surface area contributed by atoms with Gasteiger partial charge in [-0.05, 0) is 82.3 Å². The molecule has 42 heavy (non-hydrogen) atoms. The first-order valence-electron chi connectivity index (χ1n) is 14.1. The van der Waals surface area contributed by atoms with E-state index < -0.39 is 23.7 Å². The van der Waals surface area contributed by atoms with Crippen LogP contribution in [0.5, 0.6) is 5.75 Å². The topological polar surface area (TPSA) is 78.0 Å². The maximum atomic E-state index is 15.6. The number of methoxy groups -OCH3 is 1. The fraction of sp³-hybridized carbons (Fsp3) is 0.406. The van der Waals surface area contributed by atoms with E-state index in [2.05, 4.69) is 41.0 Å². The monoisotopic (exact) mass is 593 g/mol. The van der Waals surface area contributed by atoms with Gasteiger partial charge < -0.3 is 15.0 Å². The number of likely N-dealkylation sites (N-methyl/N-ethyl adjacent to an activating group) is 1. The quantitative estimate of drug-likeness (QED) is 0.435. The Bertz CT molecular complexity index is 1460. The van der Waals surface area contributed by atoms with Crippen molar-refractivity contribution in [3.8, 4) is 5.75 Å². The molecule has 1 aromatic heterocycles. The molecule has 10 heteroatoms. The molecule has 3 aromatic rings. The number of aromatic nitrogens is 1. The molecule has 3 heterocycles. The smallest absolute Gasteiger partial charge is 0.251 e. The largest absolute Gasteiger partial charge is 0.497 e. The Balaban J connectivity index is 1.53. The van der Waals surface area contributed by atoms with Gasteiger partial charge in [0.1, 0.15) is 23.4 Å². The second-order valence-electron chi connectivity index (χ2n) is 11.4. The van der Waals surface area contributed by atoms with Crippen molar-refractivity contribution in [2.45, 2.75) is 51.7 Å². The van der Waals surface area contributed by atoms with Crippen LogP contribution in [0.2, 0.25) is 5.02 Å². The van der Waals surface area contributed by atoms with Crippen molar-refractivity contribution in [3.63, 3.8) is 0 Å². The third-order valence-corrected chi connectivity index (χ3v) is 8.98. The van der Waals surface area contributed by atoms with Gasteiger partial charge in [0.05, 0.1) is 7.11 Å². The minimum Gasteiger partial charge on any atom is -0.497 e. The molecule has 0 spiro atoms. The molecule has 1 N–H and O–H groups in total. The summed E-state index contributed by atoms with van der Waals surface area (Å²) in [6.45, 7) is 10.00. The number of ether oxygens (including phenoxy) is 1. The number of hydrogen-bond acceptors (Lipinski definition) is 6. The highest BCUT2D eigenvalue weighted by Crippen LogP contribution is 2.39. The summed E-state index contributed by atoms with van der Waals surface area (Å²) >= 11 is 6.01. The highest BCUT2D eigenvalue weighted by molar-refractivity contribution is 6.30. The molecule has 8 nitrogen and oxygen atoms in total. The molecule has 2 saturated heterocycles. The normalized spacial score (nSPS) is 22.9. The lowest BCUT2D eigenvalue weighted by Gasteiger charge is -2.44. The highest BCUT2D eigenvalue weighted by atomic mass is 35.5. The molecule has 0 unspecified atom stereocenters. The highest BCUT2D eigenvalue weighted by Gasteiger charge is 2.45. The Hall–Kier alpha value is -3.69. The molecule has 2 amide bonds. The predicted octanol–water partition coefficient (Wildman–Crippen LogP) is 4.96. The van der Waals surface area contributed by atoms with Gasteiger partial charge in [-0.1, -0.05) is 11.6 Å². The lowest BCUT2D eigenvalue weighted by atomic mass is 9.89. The number of carbonyl (C=O) groups excluding carboxylic acids is 2. The van der Waals surface area contributed by atoms with Gasteiger partial charge in [-0.2, -0.15) is 0 Å². The van der Waals surface area contributed by atoms with Crippen LogP contribution in [0.3, 0.4) is 0 Å². The van der Waals surface area contributed by atoms with Crippen LogP contribution < -0.4 is 19.9 Å². The third-order valence-electron chi connectivity index (χ3n) is 8.73. The zero-order valence-electron chi connectivity index (χ0n) is 24.8. The average Bonchev–Trinajstić information content (AvgIpc) is 3.26. The van der Waals surface area contributed by atoms with Gasteiger partial charge in [0.15, 0.2) is 0 Å². The van der Waals surface area contributed by atoms with E-state index in [1.165, 1.54) is 13.2 Å². The molecular weight excluding hydrogens is 557 g/mol. The van der Waals surface area contributed by atoms with Crippen LogP contribution in [0.4, 0.5) is 15.9 Å². The number of anilines is 2. The molecular formula is C32H37ClFN5O3. The van der Waals surface area contributed by atoms with Gasteiger partial charge in [0, 0.05) is 71.7 Å². The van der Waals surface area contributed by atoms with Crippen LogP contribution in [-0.4, -0.2) is 73.6 Å². The minimum absolute atomic E-state index is 0.154. The van der Waals surface area contributed by atoms with Gasteiger partial charge in [0.25, 0.3) is 11.8 Å². The van der Waals surface area contributed by atoms with E-state index in [4.69, 9.17) is 16.3 Å². The van der Waals surface area contributed by atoms with Crippen molar-refractivity contribution < 1.29 is 18.7 Å². The number of carbonyl (C=O) groups is 2. The number of nitrogens with zero attached hydrogens (tertiary/aromatic N) is 4. The average molecular weight is 594 g/mol. The van der Waals surface area contributed by atoms with E-state index in [0.29, 0.717) is 45.4 Å². The number of piperazine rings is 1. The van der Waals surface area contributed by atoms with Gasteiger partial charge in [-0.15, -0.1) is 0 Å². The van der Waals surface area contributed by atoms with E-state index in [1.807, 2.05) is 13.0 Å². The van der Waals surface area contributed by atoms with Crippen molar-refractivity contribution in [2.75, 3.05) is 43.6 Å². The van der Waals surface area contributed by atoms with Crippen molar-refractivity contribution in [3.05, 3.63) is 81.8 Å². The lowest BCUT2D eigenvalue weighted by Crippen LogP contribution is -2.55. The fourth-order valence-corrected chi connectivity index (χ4v) is 6.34. The molecule has 4 atom stereocenters. The predicted molar refractivity (Wildman–Crippen MR) is 163 cm³/mol. The molecule has 2 aliphatic heterocycles. The van der Waals surface area contributed by atoms with Crippen LogP contribution >= 0.6 is 11.6 Å². The van der Waals surface area contributed by atoms with Gasteiger partial charge in [-0.3, -0.25) is 19.4 Å². The fourth-order valence-electron chi connectivity index (χ4n) is 6.21. The first-order chi connectivity index (χ1) is 20.0. The van der Waals surface area contributed by atoms with Gasteiger partial charge in [0.2, 0.25) is 0 Å². The Labute approximate surface area is 251 Å². The summed E-state index contributed by atoms with van der Waals surface area (Å²) in [7, 11) is 3.62. The molecule has 2 fully saturated rings. The first kappa shape index (κ1) is 29.8. The van der Waals surface area contributed by atoms with E-state index >= 15 is 4.39 Å². The zero-order chi connectivity index (χ0) is 30.3. The third kappa shape index (κ3) is 5.55. The Morgan fingerprint density at radius 1 is 1.07 bits per heavy atom. The SMILES string of the molecule is COc1cc(C)c([C@@H]2CN(c3nccc(N4C[C@@H](C)N(C)[C@@H](C)C4)c3C)C(=O)[C@H]2NC(=O)c2ccc(Cl)cc2)c(F)c1. The lowest BCUT2D eigenvalue weighted by molar-refractivity contribution is -0.118. The van der Waals surface area contributed by atoms with Crippen molar-refractivity contribution >= 4 is 34.9 Å². The molecule has 2 aromatic carbocycles.